The van der Waals surface area contributed by atoms with Crippen LogP contribution in [0.5, 0.6) is 0 Å². The Labute approximate surface area is 114 Å². The van der Waals surface area contributed by atoms with E-state index in [9.17, 15) is 9.90 Å². The Bertz CT molecular complexity index is 336. The smallest absolute Gasteiger partial charge is 0.237 e. The van der Waals surface area contributed by atoms with Gasteiger partial charge in [0.2, 0.25) is 5.91 Å². The van der Waals surface area contributed by atoms with E-state index in [-0.39, 0.29) is 18.1 Å². The molecule has 0 aliphatic carbocycles. The minimum absolute atomic E-state index is 0.0733. The molecule has 0 spiro atoms. The van der Waals surface area contributed by atoms with Crippen molar-refractivity contribution < 1.29 is 9.90 Å². The van der Waals surface area contributed by atoms with E-state index < -0.39 is 0 Å². The Morgan fingerprint density at radius 2 is 1.95 bits per heavy atom. The summed E-state index contributed by atoms with van der Waals surface area (Å²) in [5, 5.41) is 15.7. The normalized spacial score (nSPS) is 43.2. The molecule has 1 amide bonds. The average molecular weight is 267 g/mol. The van der Waals surface area contributed by atoms with Crippen LogP contribution in [-0.2, 0) is 4.79 Å². The first-order valence-corrected chi connectivity index (χ1v) is 7.57. The van der Waals surface area contributed by atoms with Crippen molar-refractivity contribution in [1.29, 1.82) is 0 Å². The zero-order valence-corrected chi connectivity index (χ0v) is 11.6. The van der Waals surface area contributed by atoms with Gasteiger partial charge in [0.15, 0.2) is 0 Å². The number of carbonyl (C=O) groups is 1. The molecule has 3 aliphatic heterocycles. The van der Waals surface area contributed by atoms with Crippen molar-refractivity contribution in [2.24, 2.45) is 0 Å². The van der Waals surface area contributed by atoms with Crippen molar-refractivity contribution >= 4 is 5.91 Å². The number of hydrogen-bond donors (Lipinski definition) is 3. The van der Waals surface area contributed by atoms with Crippen molar-refractivity contribution in [3.8, 4) is 0 Å². The number of carbonyl (C=O) groups excluding carboxylic acids is 1. The summed E-state index contributed by atoms with van der Waals surface area (Å²) < 4.78 is 0. The number of aliphatic hydroxyl groups is 1. The van der Waals surface area contributed by atoms with E-state index in [4.69, 9.17) is 0 Å². The van der Waals surface area contributed by atoms with Crippen LogP contribution >= 0.6 is 0 Å². The predicted octanol–water partition coefficient (Wildman–Crippen LogP) is -0.159. The van der Waals surface area contributed by atoms with Gasteiger partial charge in [-0.15, -0.1) is 0 Å². The van der Waals surface area contributed by atoms with Crippen molar-refractivity contribution in [2.75, 3.05) is 13.6 Å². The van der Waals surface area contributed by atoms with Gasteiger partial charge in [0.25, 0.3) is 0 Å². The van der Waals surface area contributed by atoms with E-state index >= 15 is 0 Å². The quantitative estimate of drug-likeness (QED) is 0.650. The first kappa shape index (κ1) is 13.3. The molecule has 3 aliphatic rings. The summed E-state index contributed by atoms with van der Waals surface area (Å²) in [7, 11) is 2.22. The molecule has 3 fully saturated rings. The molecule has 4 unspecified atom stereocenters. The fourth-order valence-electron chi connectivity index (χ4n) is 3.95. The number of piperidine rings is 2. The predicted molar refractivity (Wildman–Crippen MR) is 72.8 cm³/mol. The van der Waals surface area contributed by atoms with Crippen molar-refractivity contribution in [3.63, 3.8) is 0 Å². The summed E-state index contributed by atoms with van der Waals surface area (Å²) >= 11 is 0. The molecule has 0 radical (unpaired) electrons. The number of fused-ring (bicyclic) bond motifs is 2. The highest BCUT2D eigenvalue weighted by molar-refractivity contribution is 5.82. The van der Waals surface area contributed by atoms with Gasteiger partial charge in [-0.1, -0.05) is 6.42 Å². The SMILES string of the molecule is CN1C2CCCC1CC(NC(=O)C1CC(O)CN1)C2. The fraction of sp³-hybridized carbons (Fsp3) is 0.929. The Morgan fingerprint density at radius 1 is 1.26 bits per heavy atom. The van der Waals surface area contributed by atoms with Gasteiger partial charge in [0.05, 0.1) is 12.1 Å². The number of aliphatic hydroxyl groups excluding tert-OH is 1. The van der Waals surface area contributed by atoms with Crippen LogP contribution in [0.3, 0.4) is 0 Å². The van der Waals surface area contributed by atoms with Crippen molar-refractivity contribution in [2.45, 2.75) is 68.8 Å². The molecule has 3 N–H and O–H groups in total. The van der Waals surface area contributed by atoms with Crippen LogP contribution in [0.25, 0.3) is 0 Å². The highest BCUT2D eigenvalue weighted by Crippen LogP contribution is 2.32. The van der Waals surface area contributed by atoms with Gasteiger partial charge < -0.3 is 20.6 Å². The second-order valence-electron chi connectivity index (χ2n) is 6.43. The molecule has 2 bridgehead atoms. The maximum atomic E-state index is 12.2. The van der Waals surface area contributed by atoms with Gasteiger partial charge >= 0.3 is 0 Å². The van der Waals surface area contributed by atoms with Crippen molar-refractivity contribution in [3.05, 3.63) is 0 Å². The number of hydrogen-bond acceptors (Lipinski definition) is 4. The molecule has 0 aromatic carbocycles. The van der Waals surface area contributed by atoms with E-state index in [2.05, 4.69) is 22.6 Å². The molecule has 19 heavy (non-hydrogen) atoms. The summed E-state index contributed by atoms with van der Waals surface area (Å²) in [5.41, 5.74) is 0. The van der Waals surface area contributed by atoms with Crippen LogP contribution in [0, 0.1) is 0 Å². The largest absolute Gasteiger partial charge is 0.392 e. The summed E-state index contributed by atoms with van der Waals surface area (Å²) in [6, 6.07) is 1.40. The molecule has 4 atom stereocenters. The molecule has 0 saturated carbocycles. The summed E-state index contributed by atoms with van der Waals surface area (Å²) in [6.07, 6.45) is 6.19. The molecular weight excluding hydrogens is 242 g/mol. The third-order valence-corrected chi connectivity index (χ3v) is 5.11. The number of nitrogens with zero attached hydrogens (tertiary/aromatic N) is 1. The van der Waals surface area contributed by atoms with Gasteiger partial charge in [-0.25, -0.2) is 0 Å². The zero-order valence-electron chi connectivity index (χ0n) is 11.6. The van der Waals surface area contributed by atoms with Crippen LogP contribution in [-0.4, -0.2) is 59.8 Å². The lowest BCUT2D eigenvalue weighted by atomic mass is 9.82. The maximum Gasteiger partial charge on any atom is 0.237 e. The van der Waals surface area contributed by atoms with Gasteiger partial charge in [-0.2, -0.15) is 0 Å². The van der Waals surface area contributed by atoms with E-state index in [1.807, 2.05) is 0 Å². The molecular formula is C14H25N3O2. The van der Waals surface area contributed by atoms with Gasteiger partial charge in [0.1, 0.15) is 0 Å². The number of amides is 1. The summed E-state index contributed by atoms with van der Waals surface area (Å²) in [4.78, 5) is 14.7. The minimum Gasteiger partial charge on any atom is -0.392 e. The van der Waals surface area contributed by atoms with Crippen LogP contribution in [0.1, 0.15) is 38.5 Å². The third kappa shape index (κ3) is 2.78. The highest BCUT2D eigenvalue weighted by Gasteiger charge is 2.37. The van der Waals surface area contributed by atoms with Gasteiger partial charge in [0, 0.05) is 24.7 Å². The molecule has 3 heterocycles. The van der Waals surface area contributed by atoms with Crippen LogP contribution in [0.4, 0.5) is 0 Å². The Morgan fingerprint density at radius 3 is 2.53 bits per heavy atom. The average Bonchev–Trinajstić information content (AvgIpc) is 2.77. The number of β-amino-alcohol motifs (C(OH)–C–C–N with tert-alkyl or cyclic N) is 1. The van der Waals surface area contributed by atoms with E-state index in [0.29, 0.717) is 31.1 Å². The standard InChI is InChI=1S/C14H25N3O2/c1-17-10-3-2-4-11(17)6-9(5-10)16-14(19)13-7-12(18)8-15-13/h9-13,15,18H,2-8H2,1H3,(H,16,19). The Kier molecular flexibility index (Phi) is 3.78. The van der Waals surface area contributed by atoms with Crippen LogP contribution < -0.4 is 10.6 Å². The lowest BCUT2D eigenvalue weighted by molar-refractivity contribution is -0.124. The second kappa shape index (κ2) is 5.38. The molecule has 3 rings (SSSR count). The topological polar surface area (TPSA) is 64.6 Å². The number of rotatable bonds is 2. The molecule has 0 aromatic heterocycles. The van der Waals surface area contributed by atoms with Crippen LogP contribution in [0.15, 0.2) is 0 Å². The fourth-order valence-corrected chi connectivity index (χ4v) is 3.95. The third-order valence-electron chi connectivity index (χ3n) is 5.11. The van der Waals surface area contributed by atoms with E-state index in [0.717, 1.165) is 12.8 Å². The van der Waals surface area contributed by atoms with E-state index in [1.165, 1.54) is 19.3 Å². The van der Waals surface area contributed by atoms with E-state index in [1.54, 1.807) is 0 Å². The maximum absolute atomic E-state index is 12.2. The molecule has 5 heteroatoms. The molecule has 5 nitrogen and oxygen atoms in total. The second-order valence-corrected chi connectivity index (χ2v) is 6.43. The van der Waals surface area contributed by atoms with Gasteiger partial charge in [-0.05, 0) is 39.2 Å². The number of nitrogens with one attached hydrogen (secondary N) is 2. The lowest BCUT2D eigenvalue weighted by Gasteiger charge is -2.47. The molecule has 3 saturated heterocycles. The highest BCUT2D eigenvalue weighted by atomic mass is 16.3. The molecule has 0 aromatic rings. The lowest BCUT2D eigenvalue weighted by Crippen LogP contribution is -2.56. The molecule has 108 valence electrons. The zero-order chi connectivity index (χ0) is 13.4. The minimum atomic E-state index is -0.368. The summed E-state index contributed by atoms with van der Waals surface area (Å²) in [6.45, 7) is 0.538. The first-order chi connectivity index (χ1) is 9.13. The summed E-state index contributed by atoms with van der Waals surface area (Å²) in [5.74, 6) is 0.0733. The van der Waals surface area contributed by atoms with Crippen molar-refractivity contribution in [1.82, 2.24) is 15.5 Å². The Hall–Kier alpha value is -0.650. The monoisotopic (exact) mass is 267 g/mol. The van der Waals surface area contributed by atoms with Gasteiger partial charge in [-0.3, -0.25) is 4.79 Å². The van der Waals surface area contributed by atoms with Crippen LogP contribution in [0.2, 0.25) is 0 Å². The first-order valence-electron chi connectivity index (χ1n) is 7.57. The Balaban J connectivity index is 1.54.